The summed E-state index contributed by atoms with van der Waals surface area (Å²) in [5, 5.41) is 27.5. The number of nitrogens with one attached hydrogen (secondary N) is 3. The number of hydrogen-bond acceptors (Lipinski definition) is 7. The van der Waals surface area contributed by atoms with E-state index >= 15 is 0 Å². The van der Waals surface area contributed by atoms with Crippen molar-refractivity contribution in [3.05, 3.63) is 85.0 Å². The number of nitrogens with two attached hydrogens (primary N) is 1. The fourth-order valence-corrected chi connectivity index (χ4v) is 4.75. The van der Waals surface area contributed by atoms with Crippen LogP contribution in [0.25, 0.3) is 0 Å². The molecule has 2 aromatic carbocycles. The summed E-state index contributed by atoms with van der Waals surface area (Å²) in [5.74, 6) is -2.81. The number of nitrogens with zero attached hydrogens (tertiary/aromatic N) is 1. The molecule has 0 unspecified atom stereocenters. The molecule has 0 spiro atoms. The van der Waals surface area contributed by atoms with E-state index in [2.05, 4.69) is 29.1 Å². The number of nitrogen functional groups attached to an aromatic ring is 1. The molecule has 0 aromatic heterocycles. The average molecular weight is 622 g/mol. The summed E-state index contributed by atoms with van der Waals surface area (Å²) in [6.07, 6.45) is 3.89. The summed E-state index contributed by atoms with van der Waals surface area (Å²) in [6.45, 7) is 15.1. The van der Waals surface area contributed by atoms with E-state index in [9.17, 15) is 29.4 Å². The van der Waals surface area contributed by atoms with Crippen molar-refractivity contribution in [1.29, 1.82) is 0 Å². The number of phenolic OH excluding ortho intramolecular Hbond substituents is 1. The summed E-state index contributed by atoms with van der Waals surface area (Å²) < 4.78 is 0. The number of carboxylic acid groups (broad SMARTS) is 1. The van der Waals surface area contributed by atoms with Crippen molar-refractivity contribution in [3.8, 4) is 5.75 Å². The van der Waals surface area contributed by atoms with Crippen LogP contribution >= 0.6 is 0 Å². The van der Waals surface area contributed by atoms with Gasteiger partial charge in [-0.05, 0) is 68.0 Å². The first kappa shape index (κ1) is 36.6. The number of carbonyl (C=O) groups is 4. The van der Waals surface area contributed by atoms with Crippen LogP contribution in [0.1, 0.15) is 45.2 Å². The van der Waals surface area contributed by atoms with Gasteiger partial charge in [0, 0.05) is 25.2 Å². The van der Waals surface area contributed by atoms with E-state index in [0.29, 0.717) is 24.3 Å². The molecule has 0 bridgehead atoms. The first-order valence-electron chi connectivity index (χ1n) is 14.9. The fourth-order valence-electron chi connectivity index (χ4n) is 4.75. The number of rotatable bonds is 18. The Kier molecular flexibility index (Phi) is 13.8. The average Bonchev–Trinajstić information content (AvgIpc) is 2.96. The van der Waals surface area contributed by atoms with Crippen LogP contribution in [-0.4, -0.2) is 75.6 Å². The number of carbonyl (C=O) groups excluding carboxylic acids is 3. The largest absolute Gasteiger partial charge is 0.508 e. The summed E-state index contributed by atoms with van der Waals surface area (Å²) in [6, 6.07) is 10.3. The zero-order chi connectivity index (χ0) is 33.7. The van der Waals surface area contributed by atoms with Crippen LogP contribution in [-0.2, 0) is 32.0 Å². The van der Waals surface area contributed by atoms with Crippen molar-refractivity contribution in [2.75, 3.05) is 18.8 Å². The van der Waals surface area contributed by atoms with Gasteiger partial charge in [0.1, 0.15) is 23.4 Å². The van der Waals surface area contributed by atoms with E-state index in [4.69, 9.17) is 5.73 Å². The first-order valence-corrected chi connectivity index (χ1v) is 14.9. The molecule has 0 fully saturated rings. The number of amides is 3. The molecule has 0 saturated carbocycles. The first-order chi connectivity index (χ1) is 21.2. The van der Waals surface area contributed by atoms with Gasteiger partial charge in [0.25, 0.3) is 0 Å². The molecule has 2 aromatic rings. The molecule has 2 rings (SSSR count). The molecule has 0 aliphatic rings. The van der Waals surface area contributed by atoms with Crippen LogP contribution in [0.2, 0.25) is 0 Å². The van der Waals surface area contributed by atoms with E-state index in [-0.39, 0.29) is 30.9 Å². The van der Waals surface area contributed by atoms with Crippen LogP contribution in [0.15, 0.2) is 73.8 Å². The minimum Gasteiger partial charge on any atom is -0.508 e. The normalized spacial score (nSPS) is 13.4. The fraction of sp³-hybridized carbons (Fsp3) is 0.412. The second-order valence-electron chi connectivity index (χ2n) is 12.0. The van der Waals surface area contributed by atoms with Crippen LogP contribution in [0, 0.1) is 5.92 Å². The third-order valence-corrected chi connectivity index (χ3v) is 7.20. The Morgan fingerprint density at radius 2 is 1.40 bits per heavy atom. The molecule has 0 aliphatic carbocycles. The Labute approximate surface area is 265 Å². The molecule has 0 radical (unpaired) electrons. The third-order valence-electron chi connectivity index (χ3n) is 7.20. The zero-order valence-corrected chi connectivity index (χ0v) is 26.6. The van der Waals surface area contributed by atoms with Crippen LogP contribution < -0.4 is 21.7 Å². The SMILES string of the molecule is C=CCN(CC=C)[C@@H](Cc1ccc(O)cc1)C(=O)NC(C)(C)C(=O)N[C@@H](Cc1ccc(N)cc1)C(=O)N[C@@H](CC(C)C)C(=O)O. The molecule has 0 saturated heterocycles. The Morgan fingerprint density at radius 1 is 0.867 bits per heavy atom. The highest BCUT2D eigenvalue weighted by Gasteiger charge is 2.37. The molecule has 7 N–H and O–H groups in total. The number of anilines is 1. The number of carboxylic acids is 1. The summed E-state index contributed by atoms with van der Waals surface area (Å²) in [4.78, 5) is 54.6. The molecule has 0 heterocycles. The lowest BCUT2D eigenvalue weighted by Crippen LogP contribution is -2.62. The summed E-state index contributed by atoms with van der Waals surface area (Å²) >= 11 is 0. The number of hydrogen-bond donors (Lipinski definition) is 6. The second kappa shape index (κ2) is 17.0. The quantitative estimate of drug-likeness (QED) is 0.109. The summed E-state index contributed by atoms with van der Waals surface area (Å²) in [7, 11) is 0. The monoisotopic (exact) mass is 621 g/mol. The van der Waals surface area contributed by atoms with E-state index in [1.165, 1.54) is 26.0 Å². The van der Waals surface area contributed by atoms with Gasteiger partial charge < -0.3 is 31.9 Å². The van der Waals surface area contributed by atoms with Crippen molar-refractivity contribution in [2.45, 2.75) is 70.6 Å². The second-order valence-corrected chi connectivity index (χ2v) is 12.0. The maximum Gasteiger partial charge on any atom is 0.326 e. The predicted molar refractivity (Wildman–Crippen MR) is 175 cm³/mol. The Morgan fingerprint density at radius 3 is 1.91 bits per heavy atom. The molecule has 0 aliphatic heterocycles. The number of phenols is 1. The minimum absolute atomic E-state index is 0.00181. The van der Waals surface area contributed by atoms with Crippen LogP contribution in [0.3, 0.4) is 0 Å². The lowest BCUT2D eigenvalue weighted by atomic mass is 9.98. The van der Waals surface area contributed by atoms with E-state index < -0.39 is 47.4 Å². The lowest BCUT2D eigenvalue weighted by Gasteiger charge is -2.34. The van der Waals surface area contributed by atoms with Crippen molar-refractivity contribution in [2.24, 2.45) is 5.92 Å². The van der Waals surface area contributed by atoms with Gasteiger partial charge in [-0.15, -0.1) is 13.2 Å². The molecular weight excluding hydrogens is 574 g/mol. The molecule has 11 heteroatoms. The smallest absolute Gasteiger partial charge is 0.326 e. The van der Waals surface area contributed by atoms with Gasteiger partial charge in [0.05, 0.1) is 6.04 Å². The van der Waals surface area contributed by atoms with Gasteiger partial charge in [0.15, 0.2) is 0 Å². The Balaban J connectivity index is 2.32. The van der Waals surface area contributed by atoms with Crippen molar-refractivity contribution in [3.63, 3.8) is 0 Å². The molecule has 11 nitrogen and oxygen atoms in total. The Bertz CT molecular complexity index is 1310. The lowest BCUT2D eigenvalue weighted by molar-refractivity contribution is -0.143. The highest BCUT2D eigenvalue weighted by atomic mass is 16.4. The van der Waals surface area contributed by atoms with E-state index in [0.717, 1.165) is 5.56 Å². The maximum absolute atomic E-state index is 13.8. The topological polar surface area (TPSA) is 174 Å². The van der Waals surface area contributed by atoms with E-state index in [1.54, 1.807) is 48.6 Å². The Hall–Kier alpha value is -4.64. The van der Waals surface area contributed by atoms with Gasteiger partial charge in [0.2, 0.25) is 17.7 Å². The van der Waals surface area contributed by atoms with Crippen LogP contribution in [0.5, 0.6) is 5.75 Å². The summed E-state index contributed by atoms with van der Waals surface area (Å²) in [5.41, 5.74) is 6.35. The zero-order valence-electron chi connectivity index (χ0n) is 26.6. The highest BCUT2D eigenvalue weighted by molar-refractivity contribution is 5.96. The molecule has 3 atom stereocenters. The van der Waals surface area contributed by atoms with Crippen molar-refractivity contribution >= 4 is 29.4 Å². The maximum atomic E-state index is 13.8. The van der Waals surface area contributed by atoms with E-state index in [1.807, 2.05) is 18.7 Å². The minimum atomic E-state index is -1.47. The highest BCUT2D eigenvalue weighted by Crippen LogP contribution is 2.17. The van der Waals surface area contributed by atoms with Crippen molar-refractivity contribution in [1.82, 2.24) is 20.9 Å². The molecule has 244 valence electrons. The van der Waals surface area contributed by atoms with Gasteiger partial charge >= 0.3 is 5.97 Å². The predicted octanol–water partition coefficient (Wildman–Crippen LogP) is 2.80. The third kappa shape index (κ3) is 11.8. The molecular formula is C34H47N5O6. The van der Waals surface area contributed by atoms with Crippen LogP contribution in [0.4, 0.5) is 5.69 Å². The van der Waals surface area contributed by atoms with Gasteiger partial charge in [-0.25, -0.2) is 4.79 Å². The number of aliphatic carboxylic acids is 1. The number of benzene rings is 2. The molecule has 45 heavy (non-hydrogen) atoms. The molecule has 3 amide bonds. The van der Waals surface area contributed by atoms with Crippen molar-refractivity contribution < 1.29 is 29.4 Å². The van der Waals surface area contributed by atoms with Gasteiger partial charge in [-0.1, -0.05) is 50.3 Å². The van der Waals surface area contributed by atoms with Gasteiger partial charge in [-0.2, -0.15) is 0 Å². The number of aromatic hydroxyl groups is 1. The standard InChI is InChI=1S/C34H47N5O6/c1-7-17-39(18-8-2)29(21-24-11-15-26(40)16-12-24)31(42)38-34(5,6)33(45)37-27(20-23-9-13-25(35)14-10-23)30(41)36-28(32(43)44)19-22(3)4/h7-16,22,27-29,40H,1-2,17-21,35H2,3-6H3,(H,36,41)(H,37,45)(H,38,42)(H,43,44)/t27-,28-,29-/m0/s1. The van der Waals surface area contributed by atoms with Gasteiger partial charge in [-0.3, -0.25) is 19.3 Å².